The van der Waals surface area contributed by atoms with Crippen molar-refractivity contribution in [2.24, 2.45) is 0 Å². The molecule has 1 aromatic carbocycles. The van der Waals surface area contributed by atoms with Gasteiger partial charge in [0, 0.05) is 23.6 Å². The van der Waals surface area contributed by atoms with Crippen LogP contribution in [0.3, 0.4) is 0 Å². The van der Waals surface area contributed by atoms with E-state index in [-0.39, 0.29) is 0 Å². The van der Waals surface area contributed by atoms with Crippen LogP contribution in [0.1, 0.15) is 30.9 Å². The molecule has 1 unspecified atom stereocenters. The second-order valence-electron chi connectivity index (χ2n) is 6.03. The van der Waals surface area contributed by atoms with Gasteiger partial charge in [-0.25, -0.2) is 0 Å². The Morgan fingerprint density at radius 1 is 1.19 bits per heavy atom. The van der Waals surface area contributed by atoms with Crippen molar-refractivity contribution in [3.05, 3.63) is 34.3 Å². The van der Waals surface area contributed by atoms with E-state index in [0.717, 1.165) is 17.4 Å². The Morgan fingerprint density at radius 3 is 2.48 bits per heavy atom. The van der Waals surface area contributed by atoms with E-state index in [9.17, 15) is 0 Å². The van der Waals surface area contributed by atoms with Crippen LogP contribution < -0.4 is 5.32 Å². The van der Waals surface area contributed by atoms with Crippen LogP contribution in [0.5, 0.6) is 0 Å². The van der Waals surface area contributed by atoms with Crippen molar-refractivity contribution < 1.29 is 0 Å². The molecular weight excluding hydrogens is 326 g/mol. The zero-order valence-electron chi connectivity index (χ0n) is 13.3. The van der Waals surface area contributed by atoms with Gasteiger partial charge in [0.15, 0.2) is 0 Å². The molecule has 3 nitrogen and oxygen atoms in total. The molecule has 118 valence electrons. The van der Waals surface area contributed by atoms with Crippen molar-refractivity contribution in [3.63, 3.8) is 0 Å². The average molecular weight is 354 g/mol. The molecule has 1 N–H and O–H groups in total. The summed E-state index contributed by atoms with van der Waals surface area (Å²) in [5.74, 6) is 0. The topological polar surface area (TPSA) is 18.5 Å². The molecule has 0 spiro atoms. The number of hydrogen-bond acceptors (Lipinski definition) is 3. The fraction of sp³-hybridized carbons (Fsp3) is 0.647. The van der Waals surface area contributed by atoms with Gasteiger partial charge in [-0.05, 0) is 70.7 Å². The molecule has 0 radical (unpaired) electrons. The van der Waals surface area contributed by atoms with Gasteiger partial charge in [0.05, 0.1) is 0 Å². The van der Waals surface area contributed by atoms with E-state index in [1.807, 2.05) is 0 Å². The van der Waals surface area contributed by atoms with Crippen molar-refractivity contribution >= 4 is 15.9 Å². The van der Waals surface area contributed by atoms with Gasteiger partial charge in [-0.15, -0.1) is 0 Å². The largest absolute Gasteiger partial charge is 0.313 e. The van der Waals surface area contributed by atoms with Gasteiger partial charge in [0.2, 0.25) is 0 Å². The number of nitrogens with zero attached hydrogens (tertiary/aromatic N) is 2. The van der Waals surface area contributed by atoms with E-state index in [0.29, 0.717) is 6.04 Å². The summed E-state index contributed by atoms with van der Waals surface area (Å²) >= 11 is 3.50. The summed E-state index contributed by atoms with van der Waals surface area (Å²) < 4.78 is 1.14. The number of halogens is 1. The van der Waals surface area contributed by atoms with E-state index in [4.69, 9.17) is 0 Å². The first-order valence-corrected chi connectivity index (χ1v) is 8.82. The minimum Gasteiger partial charge on any atom is -0.313 e. The number of rotatable bonds is 8. The normalized spacial score (nSPS) is 17.5. The molecule has 1 aromatic rings. The van der Waals surface area contributed by atoms with Crippen LogP contribution in [0.4, 0.5) is 0 Å². The molecule has 0 amide bonds. The Hall–Kier alpha value is -0.420. The van der Waals surface area contributed by atoms with Gasteiger partial charge < -0.3 is 15.1 Å². The zero-order valence-corrected chi connectivity index (χ0v) is 14.9. The summed E-state index contributed by atoms with van der Waals surface area (Å²) in [6, 6.07) is 9.09. The number of likely N-dealkylation sites (tertiary alicyclic amines) is 1. The number of benzene rings is 1. The first-order valence-electron chi connectivity index (χ1n) is 8.02. The van der Waals surface area contributed by atoms with E-state index in [1.165, 1.54) is 44.6 Å². The van der Waals surface area contributed by atoms with Crippen molar-refractivity contribution in [1.29, 1.82) is 0 Å². The highest BCUT2D eigenvalue weighted by molar-refractivity contribution is 9.10. The average Bonchev–Trinajstić information content (AvgIpc) is 3.01. The maximum absolute atomic E-state index is 3.50. The molecule has 4 heteroatoms. The van der Waals surface area contributed by atoms with E-state index < -0.39 is 0 Å². The highest BCUT2D eigenvalue weighted by atomic mass is 79.9. The predicted molar refractivity (Wildman–Crippen MR) is 93.7 cm³/mol. The van der Waals surface area contributed by atoms with Crippen molar-refractivity contribution in [1.82, 2.24) is 15.1 Å². The van der Waals surface area contributed by atoms with Crippen molar-refractivity contribution in [2.45, 2.75) is 25.3 Å². The number of likely N-dealkylation sites (N-methyl/N-ethyl adjacent to an activating group) is 1. The molecule has 0 saturated carbocycles. The van der Waals surface area contributed by atoms with E-state index >= 15 is 0 Å². The van der Waals surface area contributed by atoms with Crippen LogP contribution in [-0.4, -0.2) is 56.6 Å². The van der Waals surface area contributed by atoms with Crippen LogP contribution in [0.15, 0.2) is 28.7 Å². The van der Waals surface area contributed by atoms with E-state index in [1.54, 1.807) is 0 Å². The quantitative estimate of drug-likeness (QED) is 0.774. The van der Waals surface area contributed by atoms with Crippen molar-refractivity contribution in [3.8, 4) is 0 Å². The smallest absolute Gasteiger partial charge is 0.0329 e. The van der Waals surface area contributed by atoms with Crippen LogP contribution in [0, 0.1) is 0 Å². The molecular formula is C17H28BrN3. The molecule has 1 atom stereocenters. The minimum absolute atomic E-state index is 0.437. The number of hydrogen-bond donors (Lipinski definition) is 1. The minimum atomic E-state index is 0.437. The Morgan fingerprint density at radius 2 is 1.86 bits per heavy atom. The molecule has 0 bridgehead atoms. The molecule has 0 aromatic heterocycles. The van der Waals surface area contributed by atoms with Crippen LogP contribution >= 0.6 is 15.9 Å². The molecule has 0 aliphatic carbocycles. The third-order valence-corrected chi connectivity index (χ3v) is 4.95. The third-order valence-electron chi connectivity index (χ3n) is 4.42. The first-order chi connectivity index (χ1) is 10.2. The SMILES string of the molecule is CNC(CCN(C)CCN1CCCC1)c1ccc(Br)cc1. The summed E-state index contributed by atoms with van der Waals surface area (Å²) in [4.78, 5) is 5.04. The number of nitrogens with one attached hydrogen (secondary N) is 1. The molecule has 1 aliphatic heterocycles. The molecule has 1 heterocycles. The van der Waals surface area contributed by atoms with Gasteiger partial charge in [-0.2, -0.15) is 0 Å². The lowest BCUT2D eigenvalue weighted by Gasteiger charge is -2.24. The Labute approximate surface area is 137 Å². The van der Waals surface area contributed by atoms with Gasteiger partial charge in [-0.1, -0.05) is 28.1 Å². The molecule has 2 rings (SSSR count). The van der Waals surface area contributed by atoms with Gasteiger partial charge in [0.25, 0.3) is 0 Å². The Balaban J connectivity index is 1.72. The van der Waals surface area contributed by atoms with Gasteiger partial charge >= 0.3 is 0 Å². The summed E-state index contributed by atoms with van der Waals surface area (Å²) in [5.41, 5.74) is 1.37. The molecule has 1 fully saturated rings. The van der Waals surface area contributed by atoms with Crippen LogP contribution in [0.25, 0.3) is 0 Å². The lowest BCUT2D eigenvalue weighted by atomic mass is 10.0. The standard InChI is InChI=1S/C17H28BrN3/c1-19-17(15-5-7-16(18)8-6-15)9-12-20(2)13-14-21-10-3-4-11-21/h5-8,17,19H,3-4,9-14H2,1-2H3. The van der Waals surface area contributed by atoms with Gasteiger partial charge in [0.1, 0.15) is 0 Å². The van der Waals surface area contributed by atoms with Crippen molar-refractivity contribution in [2.75, 3.05) is 46.8 Å². The maximum Gasteiger partial charge on any atom is 0.0329 e. The maximum atomic E-state index is 3.50. The highest BCUT2D eigenvalue weighted by Gasteiger charge is 2.13. The lowest BCUT2D eigenvalue weighted by molar-refractivity contribution is 0.249. The summed E-state index contributed by atoms with van der Waals surface area (Å²) in [6.07, 6.45) is 3.92. The summed E-state index contributed by atoms with van der Waals surface area (Å²) in [7, 11) is 4.29. The monoisotopic (exact) mass is 353 g/mol. The summed E-state index contributed by atoms with van der Waals surface area (Å²) in [6.45, 7) is 6.13. The predicted octanol–water partition coefficient (Wildman–Crippen LogP) is 3.13. The third kappa shape index (κ3) is 5.70. The molecule has 21 heavy (non-hydrogen) atoms. The second-order valence-corrected chi connectivity index (χ2v) is 6.95. The van der Waals surface area contributed by atoms with E-state index in [2.05, 4.69) is 69.4 Å². The van der Waals surface area contributed by atoms with Crippen LogP contribution in [-0.2, 0) is 0 Å². The fourth-order valence-corrected chi connectivity index (χ4v) is 3.22. The highest BCUT2D eigenvalue weighted by Crippen LogP contribution is 2.19. The van der Waals surface area contributed by atoms with Gasteiger partial charge in [-0.3, -0.25) is 0 Å². The first kappa shape index (κ1) is 16.9. The molecule has 1 aliphatic rings. The summed E-state index contributed by atoms with van der Waals surface area (Å²) in [5, 5.41) is 3.44. The Bertz CT molecular complexity index is 401. The Kier molecular flexibility index (Phi) is 7.17. The van der Waals surface area contributed by atoms with Crippen LogP contribution in [0.2, 0.25) is 0 Å². The fourth-order valence-electron chi connectivity index (χ4n) is 2.95. The lowest BCUT2D eigenvalue weighted by Crippen LogP contribution is -2.33. The second kappa shape index (κ2) is 8.89. The molecule has 1 saturated heterocycles. The zero-order chi connectivity index (χ0) is 15.1.